The Hall–Kier alpha value is -5.90. The number of hydrogen-bond donors (Lipinski definition) is 0. The largest absolute Gasteiger partial charge is 0.464 e. The molecule has 0 saturated carbocycles. The van der Waals surface area contributed by atoms with E-state index in [0.717, 1.165) is 27.5 Å². The summed E-state index contributed by atoms with van der Waals surface area (Å²) in [6.45, 7) is 0. The molecule has 0 atom stereocenters. The van der Waals surface area contributed by atoms with Gasteiger partial charge < -0.3 is 8.83 Å². The van der Waals surface area contributed by atoms with Crippen molar-refractivity contribution in [1.82, 2.24) is 0 Å². The minimum atomic E-state index is 0.910. The summed E-state index contributed by atoms with van der Waals surface area (Å²) >= 11 is 1.87. The molecule has 3 aromatic heterocycles. The average molecular weight is 617 g/mol. The van der Waals surface area contributed by atoms with Gasteiger partial charge in [-0.05, 0) is 73.8 Å². The second kappa shape index (κ2) is 9.32. The topological polar surface area (TPSA) is 26.3 Å². The number of fused-ring (bicyclic) bond motifs is 11. The molecule has 0 unspecified atom stereocenters. The number of benzene rings is 8. The number of thiophene rings is 1. The molecular formula is C44H24O2S. The first kappa shape index (κ1) is 25.3. The summed E-state index contributed by atoms with van der Waals surface area (Å²) in [7, 11) is 0. The van der Waals surface area contributed by atoms with Crippen LogP contribution in [0.5, 0.6) is 0 Å². The summed E-state index contributed by atoms with van der Waals surface area (Å²) in [5.74, 6) is 0. The summed E-state index contributed by atoms with van der Waals surface area (Å²) in [5, 5.41) is 13.4. The third-order valence-electron chi connectivity index (χ3n) is 9.93. The van der Waals surface area contributed by atoms with Crippen LogP contribution in [0.4, 0.5) is 0 Å². The molecular weight excluding hydrogens is 593 g/mol. The molecule has 0 radical (unpaired) electrons. The third kappa shape index (κ3) is 3.39. The van der Waals surface area contributed by atoms with Gasteiger partial charge in [0.2, 0.25) is 0 Å². The van der Waals surface area contributed by atoms with E-state index in [0.29, 0.717) is 0 Å². The Kier molecular flexibility index (Phi) is 5.02. The molecule has 0 N–H and O–H groups in total. The fraction of sp³-hybridized carbons (Fsp3) is 0. The number of para-hydroxylation sites is 1. The first-order valence-corrected chi connectivity index (χ1v) is 16.7. The minimum Gasteiger partial charge on any atom is -0.464 e. The molecule has 11 rings (SSSR count). The molecule has 0 aliphatic heterocycles. The van der Waals surface area contributed by atoms with Crippen LogP contribution >= 0.6 is 11.3 Å². The van der Waals surface area contributed by atoms with Crippen molar-refractivity contribution in [2.45, 2.75) is 0 Å². The lowest BCUT2D eigenvalue weighted by Gasteiger charge is -2.20. The van der Waals surface area contributed by atoms with Crippen molar-refractivity contribution in [3.8, 4) is 22.3 Å². The molecule has 0 saturated heterocycles. The molecule has 0 fully saturated rings. The molecule has 0 aliphatic rings. The highest BCUT2D eigenvalue weighted by atomic mass is 32.1. The van der Waals surface area contributed by atoms with E-state index in [1.54, 1.807) is 6.26 Å². The molecule has 0 bridgehead atoms. The minimum absolute atomic E-state index is 0.910. The van der Waals surface area contributed by atoms with Gasteiger partial charge in [0.25, 0.3) is 0 Å². The molecule has 0 amide bonds. The normalized spacial score (nSPS) is 12.3. The van der Waals surface area contributed by atoms with Gasteiger partial charge in [0, 0.05) is 47.5 Å². The second-order valence-corrected chi connectivity index (χ2v) is 13.4. The maximum atomic E-state index is 6.54. The molecule has 11 aromatic rings. The van der Waals surface area contributed by atoms with Gasteiger partial charge in [-0.15, -0.1) is 11.3 Å². The molecule has 0 aliphatic carbocycles. The van der Waals surface area contributed by atoms with Gasteiger partial charge in [-0.3, -0.25) is 0 Å². The summed E-state index contributed by atoms with van der Waals surface area (Å²) in [4.78, 5) is 0. The standard InChI is InChI=1S/C44H24O2S/c1-2-11-26-25(10-1)24-37-42(31-16-7-8-19-36(31)46-37)43(26)41-29-14-5-3-12-27(29)39(28-13-4-6-15-30(28)41)33-17-9-18-34-40-32-22-23-45-35(32)20-21-38(40)47-44(33)34/h1-24H. The molecule has 218 valence electrons. The van der Waals surface area contributed by atoms with Crippen LogP contribution in [0.1, 0.15) is 0 Å². The van der Waals surface area contributed by atoms with Crippen molar-refractivity contribution < 1.29 is 8.83 Å². The maximum Gasteiger partial charge on any atom is 0.136 e. The summed E-state index contributed by atoms with van der Waals surface area (Å²) < 4.78 is 14.9. The van der Waals surface area contributed by atoms with Gasteiger partial charge in [-0.1, -0.05) is 109 Å². The van der Waals surface area contributed by atoms with Crippen LogP contribution in [0, 0.1) is 0 Å². The van der Waals surface area contributed by atoms with Gasteiger partial charge in [0.15, 0.2) is 0 Å². The fourth-order valence-corrected chi connectivity index (χ4v) is 9.27. The van der Waals surface area contributed by atoms with Crippen molar-refractivity contribution in [2.24, 2.45) is 0 Å². The predicted molar refractivity (Wildman–Crippen MR) is 200 cm³/mol. The Labute approximate surface area is 272 Å². The molecule has 3 heteroatoms. The Morgan fingerprint density at radius 2 is 1.04 bits per heavy atom. The predicted octanol–water partition coefficient (Wildman–Crippen LogP) is 13.5. The quantitative estimate of drug-likeness (QED) is 0.181. The van der Waals surface area contributed by atoms with Crippen molar-refractivity contribution in [1.29, 1.82) is 0 Å². The summed E-state index contributed by atoms with van der Waals surface area (Å²) in [5.41, 5.74) is 7.76. The summed E-state index contributed by atoms with van der Waals surface area (Å²) in [6.07, 6.45) is 1.80. The van der Waals surface area contributed by atoms with Crippen LogP contribution < -0.4 is 0 Å². The Bertz CT molecular complexity index is 3020. The molecule has 47 heavy (non-hydrogen) atoms. The monoisotopic (exact) mass is 616 g/mol. The average Bonchev–Trinajstić information content (AvgIpc) is 3.85. The van der Waals surface area contributed by atoms with Gasteiger partial charge >= 0.3 is 0 Å². The highest BCUT2D eigenvalue weighted by molar-refractivity contribution is 7.26. The number of furan rings is 2. The van der Waals surface area contributed by atoms with Gasteiger partial charge in [0.1, 0.15) is 16.7 Å². The van der Waals surface area contributed by atoms with E-state index in [1.165, 1.54) is 80.1 Å². The number of hydrogen-bond acceptors (Lipinski definition) is 3. The SMILES string of the molecule is c1ccc2c(-c3c4ccccc4c(-c4cccc5c4sc4ccc6occc6c45)c4ccccc34)c3c(cc2c1)oc1ccccc13. The lowest BCUT2D eigenvalue weighted by molar-refractivity contribution is 0.616. The van der Waals surface area contributed by atoms with Gasteiger partial charge in [0.05, 0.1) is 6.26 Å². The highest BCUT2D eigenvalue weighted by Gasteiger charge is 2.24. The Morgan fingerprint density at radius 3 is 1.83 bits per heavy atom. The van der Waals surface area contributed by atoms with E-state index >= 15 is 0 Å². The fourth-order valence-electron chi connectivity index (χ4n) is 8.04. The zero-order chi connectivity index (χ0) is 30.6. The Balaban J connectivity index is 1.34. The van der Waals surface area contributed by atoms with Crippen LogP contribution in [-0.4, -0.2) is 0 Å². The van der Waals surface area contributed by atoms with Gasteiger partial charge in [-0.2, -0.15) is 0 Å². The van der Waals surface area contributed by atoms with Crippen LogP contribution in [0.3, 0.4) is 0 Å². The zero-order valence-corrected chi connectivity index (χ0v) is 25.9. The van der Waals surface area contributed by atoms with Crippen molar-refractivity contribution in [3.05, 3.63) is 146 Å². The van der Waals surface area contributed by atoms with Crippen LogP contribution in [0.2, 0.25) is 0 Å². The van der Waals surface area contributed by atoms with Crippen LogP contribution in [0.15, 0.2) is 155 Å². The highest BCUT2D eigenvalue weighted by Crippen LogP contribution is 2.51. The van der Waals surface area contributed by atoms with Gasteiger partial charge in [-0.25, -0.2) is 0 Å². The van der Waals surface area contributed by atoms with E-state index in [4.69, 9.17) is 8.83 Å². The maximum absolute atomic E-state index is 6.54. The molecule has 2 nitrogen and oxygen atoms in total. The van der Waals surface area contributed by atoms with E-state index in [-0.39, 0.29) is 0 Å². The molecule has 8 aromatic carbocycles. The smallest absolute Gasteiger partial charge is 0.136 e. The molecule has 3 heterocycles. The van der Waals surface area contributed by atoms with Crippen molar-refractivity contribution >= 4 is 96.7 Å². The van der Waals surface area contributed by atoms with E-state index in [2.05, 4.69) is 140 Å². The first-order valence-electron chi connectivity index (χ1n) is 15.9. The van der Waals surface area contributed by atoms with Crippen molar-refractivity contribution in [3.63, 3.8) is 0 Å². The summed E-state index contributed by atoms with van der Waals surface area (Å²) in [6, 6.07) is 50.4. The second-order valence-electron chi connectivity index (χ2n) is 12.3. The van der Waals surface area contributed by atoms with Crippen LogP contribution in [0.25, 0.3) is 108 Å². The lowest BCUT2D eigenvalue weighted by Crippen LogP contribution is -1.92. The van der Waals surface area contributed by atoms with Crippen LogP contribution in [-0.2, 0) is 0 Å². The molecule has 0 spiro atoms. The van der Waals surface area contributed by atoms with E-state index in [1.807, 2.05) is 11.3 Å². The lowest BCUT2D eigenvalue weighted by atomic mass is 9.83. The third-order valence-corrected chi connectivity index (χ3v) is 11.1. The zero-order valence-electron chi connectivity index (χ0n) is 25.1. The van der Waals surface area contributed by atoms with E-state index < -0.39 is 0 Å². The Morgan fingerprint density at radius 1 is 0.404 bits per heavy atom. The van der Waals surface area contributed by atoms with Crippen molar-refractivity contribution in [2.75, 3.05) is 0 Å². The first-order chi connectivity index (χ1) is 23.3. The number of rotatable bonds is 2. The van der Waals surface area contributed by atoms with E-state index in [9.17, 15) is 0 Å².